The maximum Gasteiger partial charge on any atom is 0.308 e. The van der Waals surface area contributed by atoms with Crippen LogP contribution >= 0.6 is 0 Å². The predicted octanol–water partition coefficient (Wildman–Crippen LogP) is 5.60. The number of esters is 1. The van der Waals surface area contributed by atoms with Gasteiger partial charge in [0.1, 0.15) is 0 Å². The van der Waals surface area contributed by atoms with Gasteiger partial charge in [0.05, 0.1) is 13.0 Å². The molecule has 2 saturated carbocycles. The van der Waals surface area contributed by atoms with Crippen molar-refractivity contribution in [2.24, 2.45) is 23.7 Å². The van der Waals surface area contributed by atoms with Crippen LogP contribution in [0.4, 0.5) is 0 Å². The lowest BCUT2D eigenvalue weighted by Crippen LogP contribution is -2.28. The van der Waals surface area contributed by atoms with Crippen LogP contribution in [0.1, 0.15) is 85.0 Å². The normalized spacial score (nSPS) is 32.8. The molecule has 0 aromatic heterocycles. The van der Waals surface area contributed by atoms with Crippen molar-refractivity contribution in [3.8, 4) is 0 Å². The van der Waals surface area contributed by atoms with Crippen LogP contribution in [0.15, 0.2) is 0 Å². The highest BCUT2D eigenvalue weighted by Gasteiger charge is 2.32. The molecule has 0 N–H and O–H groups in total. The molecule has 0 radical (unpaired) electrons. The summed E-state index contributed by atoms with van der Waals surface area (Å²) in [5.74, 6) is 2.99. The van der Waals surface area contributed by atoms with E-state index >= 15 is 0 Å². The van der Waals surface area contributed by atoms with Crippen LogP contribution in [-0.4, -0.2) is 13.1 Å². The van der Waals surface area contributed by atoms with Crippen molar-refractivity contribution >= 4 is 5.97 Å². The Labute approximate surface area is 132 Å². The fraction of sp³-hybridized carbons (Fsp3) is 0.947. The molecule has 124 valence electrons. The lowest BCUT2D eigenvalue weighted by molar-refractivity contribution is -0.147. The van der Waals surface area contributed by atoms with Crippen molar-refractivity contribution in [1.29, 1.82) is 0 Å². The second-order valence-corrected chi connectivity index (χ2v) is 7.15. The van der Waals surface area contributed by atoms with E-state index in [0.717, 1.165) is 30.6 Å². The molecule has 0 unspecified atom stereocenters. The van der Waals surface area contributed by atoms with Gasteiger partial charge in [0.25, 0.3) is 0 Å². The highest BCUT2D eigenvalue weighted by molar-refractivity contribution is 5.72. The summed E-state index contributed by atoms with van der Waals surface area (Å²) in [6, 6.07) is 0. The van der Waals surface area contributed by atoms with Crippen LogP contribution in [-0.2, 0) is 9.53 Å². The quantitative estimate of drug-likeness (QED) is 0.634. The lowest BCUT2D eigenvalue weighted by atomic mass is 9.69. The number of carbonyl (C=O) groups excluding carboxylic acids is 1. The summed E-state index contributed by atoms with van der Waals surface area (Å²) in [4.78, 5) is 11.5. The van der Waals surface area contributed by atoms with Crippen LogP contribution < -0.4 is 0 Å². The van der Waals surface area contributed by atoms with Gasteiger partial charge in [-0.05, 0) is 56.3 Å². The zero-order valence-electron chi connectivity index (χ0n) is 14.7. The molecule has 0 amide bonds. The first-order valence-electron chi connectivity index (χ1n) is 9.20. The van der Waals surface area contributed by atoms with E-state index < -0.39 is 0 Å². The minimum absolute atomic E-state index is 0.0146. The van der Waals surface area contributed by atoms with Crippen molar-refractivity contribution in [3.63, 3.8) is 0 Å². The summed E-state index contributed by atoms with van der Waals surface area (Å²) < 4.78 is 4.85. The zero-order chi connectivity index (χ0) is 15.7. The predicted molar refractivity (Wildman–Crippen MR) is 89.2 cm³/mol. The summed E-state index contributed by atoms with van der Waals surface area (Å²) in [6.07, 6.45) is 12.9. The molecule has 2 fully saturated rings. The van der Waals surface area contributed by atoms with Gasteiger partial charge in [0, 0.05) is 0 Å². The maximum atomic E-state index is 11.5. The van der Waals surface area contributed by atoms with Gasteiger partial charge in [-0.2, -0.15) is 0 Å². The Balaban J connectivity index is 0.000000491. The first kappa shape index (κ1) is 18.5. The minimum Gasteiger partial charge on any atom is -0.469 e. The van der Waals surface area contributed by atoms with Gasteiger partial charge < -0.3 is 4.74 Å². The van der Waals surface area contributed by atoms with Crippen LogP contribution in [0, 0.1) is 23.7 Å². The van der Waals surface area contributed by atoms with Crippen LogP contribution in [0.5, 0.6) is 0 Å². The number of hydrogen-bond acceptors (Lipinski definition) is 2. The molecule has 0 aromatic carbocycles. The van der Waals surface area contributed by atoms with E-state index in [1.165, 1.54) is 58.5 Å². The molecule has 0 aliphatic heterocycles. The summed E-state index contributed by atoms with van der Waals surface area (Å²) in [7, 11) is 1.51. The van der Waals surface area contributed by atoms with E-state index in [9.17, 15) is 4.79 Å². The summed E-state index contributed by atoms with van der Waals surface area (Å²) in [6.45, 7) is 6.74. The molecular weight excluding hydrogens is 260 g/mol. The third-order valence-electron chi connectivity index (χ3n) is 5.53. The molecule has 21 heavy (non-hydrogen) atoms. The Morgan fingerprint density at radius 2 is 1.29 bits per heavy atom. The number of rotatable bonds is 3. The largest absolute Gasteiger partial charge is 0.469 e. The van der Waals surface area contributed by atoms with Crippen LogP contribution in [0.3, 0.4) is 0 Å². The van der Waals surface area contributed by atoms with Gasteiger partial charge >= 0.3 is 5.97 Å². The monoisotopic (exact) mass is 296 g/mol. The topological polar surface area (TPSA) is 26.3 Å². The molecular formula is C19H36O2. The molecule has 0 saturated heterocycles. The smallest absolute Gasteiger partial charge is 0.308 e. The average Bonchev–Trinajstić information content (AvgIpc) is 2.55. The lowest BCUT2D eigenvalue weighted by Gasteiger charge is -2.36. The molecule has 2 nitrogen and oxygen atoms in total. The zero-order valence-corrected chi connectivity index (χ0v) is 14.7. The molecule has 0 aromatic rings. The Kier molecular flexibility index (Phi) is 9.03. The first-order valence-corrected chi connectivity index (χ1v) is 9.20. The number of hydrogen-bond donors (Lipinski definition) is 0. The molecule has 2 heteroatoms. The van der Waals surface area contributed by atoms with Crippen molar-refractivity contribution in [2.45, 2.75) is 85.0 Å². The second-order valence-electron chi connectivity index (χ2n) is 7.15. The fourth-order valence-electron chi connectivity index (χ4n) is 3.75. The SMILES string of the molecule is CCCC.COC(=O)C1CCC(C2CCC(C)CC2)CC1. The van der Waals surface area contributed by atoms with Crippen molar-refractivity contribution in [1.82, 2.24) is 0 Å². The Hall–Kier alpha value is -0.530. The molecule has 0 bridgehead atoms. The maximum absolute atomic E-state index is 11.5. The Morgan fingerprint density at radius 1 is 0.857 bits per heavy atom. The third-order valence-corrected chi connectivity index (χ3v) is 5.53. The van der Waals surface area contributed by atoms with Crippen molar-refractivity contribution in [3.05, 3.63) is 0 Å². The van der Waals surface area contributed by atoms with Crippen LogP contribution in [0.25, 0.3) is 0 Å². The van der Waals surface area contributed by atoms with Crippen LogP contribution in [0.2, 0.25) is 0 Å². The Bertz CT molecular complexity index is 269. The van der Waals surface area contributed by atoms with Crippen molar-refractivity contribution < 1.29 is 9.53 Å². The molecule has 2 aliphatic carbocycles. The van der Waals surface area contributed by atoms with E-state index in [2.05, 4.69) is 20.8 Å². The number of ether oxygens (including phenoxy) is 1. The van der Waals surface area contributed by atoms with Gasteiger partial charge in [0.15, 0.2) is 0 Å². The third kappa shape index (κ3) is 6.40. The molecule has 0 heterocycles. The first-order chi connectivity index (χ1) is 10.1. The number of methoxy groups -OCH3 is 1. The molecule has 2 aliphatic rings. The van der Waals surface area contributed by atoms with E-state index in [4.69, 9.17) is 4.74 Å². The number of carbonyl (C=O) groups is 1. The molecule has 0 spiro atoms. The summed E-state index contributed by atoms with van der Waals surface area (Å²) in [5, 5.41) is 0. The summed E-state index contributed by atoms with van der Waals surface area (Å²) in [5.41, 5.74) is 0. The number of unbranched alkanes of at least 4 members (excludes halogenated alkanes) is 1. The molecule has 0 atom stereocenters. The highest BCUT2D eigenvalue weighted by Crippen LogP contribution is 2.41. The Morgan fingerprint density at radius 3 is 1.67 bits per heavy atom. The van der Waals surface area contributed by atoms with E-state index in [1.807, 2.05) is 0 Å². The van der Waals surface area contributed by atoms with Gasteiger partial charge in [-0.25, -0.2) is 0 Å². The second kappa shape index (κ2) is 10.2. The summed E-state index contributed by atoms with van der Waals surface area (Å²) >= 11 is 0. The van der Waals surface area contributed by atoms with Gasteiger partial charge in [-0.3, -0.25) is 4.79 Å². The van der Waals surface area contributed by atoms with Gasteiger partial charge in [-0.1, -0.05) is 46.5 Å². The van der Waals surface area contributed by atoms with E-state index in [0.29, 0.717) is 0 Å². The minimum atomic E-state index is 0.0146. The molecule has 2 rings (SSSR count). The van der Waals surface area contributed by atoms with Gasteiger partial charge in [-0.15, -0.1) is 0 Å². The highest BCUT2D eigenvalue weighted by atomic mass is 16.5. The van der Waals surface area contributed by atoms with Gasteiger partial charge in [0.2, 0.25) is 0 Å². The van der Waals surface area contributed by atoms with Crippen molar-refractivity contribution in [2.75, 3.05) is 7.11 Å². The van der Waals surface area contributed by atoms with E-state index in [-0.39, 0.29) is 11.9 Å². The average molecular weight is 296 g/mol. The fourth-order valence-corrected chi connectivity index (χ4v) is 3.75. The van der Waals surface area contributed by atoms with E-state index in [1.54, 1.807) is 0 Å². The standard InChI is InChI=1S/C15H26O2.C4H10/c1-11-3-5-12(6-4-11)13-7-9-14(10-8-13)15(16)17-2;1-3-4-2/h11-14H,3-10H2,1-2H3;3-4H2,1-2H3.